The van der Waals surface area contributed by atoms with Crippen molar-refractivity contribution in [3.05, 3.63) is 0 Å². The molecule has 1 amide bonds. The van der Waals surface area contributed by atoms with E-state index in [1.165, 1.54) is 4.80 Å². The predicted molar refractivity (Wildman–Crippen MR) is 55.8 cm³/mol. The van der Waals surface area contributed by atoms with Crippen LogP contribution in [0, 0.1) is 17.3 Å². The highest BCUT2D eigenvalue weighted by Crippen LogP contribution is 2.58. The minimum Gasteiger partial charge on any atom is -0.481 e. The number of aliphatic carboxylic acids is 1. The lowest BCUT2D eigenvalue weighted by molar-refractivity contribution is -0.140. The second-order valence-electron chi connectivity index (χ2n) is 4.71. The number of hydrogen-bond donors (Lipinski definition) is 2. The molecule has 0 spiro atoms. The van der Waals surface area contributed by atoms with Gasteiger partial charge in [0.2, 0.25) is 5.91 Å². The van der Waals surface area contributed by atoms with Crippen molar-refractivity contribution in [3.8, 4) is 0 Å². The molecule has 17 heavy (non-hydrogen) atoms. The van der Waals surface area contributed by atoms with Gasteiger partial charge in [-0.15, -0.1) is 5.10 Å². The van der Waals surface area contributed by atoms with Gasteiger partial charge in [-0.25, -0.2) is 0 Å². The minimum atomic E-state index is -0.956. The third-order valence-corrected chi connectivity index (χ3v) is 3.12. The topological polar surface area (TPSA) is 110 Å². The van der Waals surface area contributed by atoms with Crippen LogP contribution in [0.25, 0.3) is 0 Å². The summed E-state index contributed by atoms with van der Waals surface area (Å²) < 4.78 is 0. The highest BCUT2D eigenvalue weighted by atomic mass is 16.4. The standard InChI is InChI=1S/C9H13N5O3/c1-9(2)4(5(9)7(16)17)6(15)10-8-11-13-14(3)12-8/h4-5H,1-3H3,(H,16,17)(H,10,12,15)/t4-,5+/m1/s1. The quantitative estimate of drug-likeness (QED) is 0.736. The lowest BCUT2D eigenvalue weighted by atomic mass is 10.1. The van der Waals surface area contributed by atoms with Crippen LogP contribution in [0.1, 0.15) is 13.8 Å². The van der Waals surface area contributed by atoms with E-state index in [1.54, 1.807) is 20.9 Å². The highest BCUT2D eigenvalue weighted by Gasteiger charge is 2.66. The molecule has 92 valence electrons. The number of aromatic nitrogens is 4. The van der Waals surface area contributed by atoms with E-state index in [0.717, 1.165) is 0 Å². The van der Waals surface area contributed by atoms with Gasteiger partial charge >= 0.3 is 5.97 Å². The minimum absolute atomic E-state index is 0.0874. The lowest BCUT2D eigenvalue weighted by Gasteiger charge is -2.00. The van der Waals surface area contributed by atoms with Crippen LogP contribution < -0.4 is 5.32 Å². The van der Waals surface area contributed by atoms with Crippen LogP contribution in [0.15, 0.2) is 0 Å². The summed E-state index contributed by atoms with van der Waals surface area (Å²) in [5.74, 6) is -2.45. The van der Waals surface area contributed by atoms with E-state index < -0.39 is 23.2 Å². The van der Waals surface area contributed by atoms with Gasteiger partial charge in [-0.1, -0.05) is 18.9 Å². The number of carboxylic acids is 1. The van der Waals surface area contributed by atoms with Gasteiger partial charge < -0.3 is 5.11 Å². The Morgan fingerprint density at radius 1 is 1.41 bits per heavy atom. The fraction of sp³-hybridized carbons (Fsp3) is 0.667. The van der Waals surface area contributed by atoms with Crippen molar-refractivity contribution in [3.63, 3.8) is 0 Å². The van der Waals surface area contributed by atoms with Crippen LogP contribution in [0.3, 0.4) is 0 Å². The Kier molecular flexibility index (Phi) is 2.37. The van der Waals surface area contributed by atoms with Crippen molar-refractivity contribution in [1.29, 1.82) is 0 Å². The Hall–Kier alpha value is -1.99. The molecule has 1 aliphatic rings. The largest absolute Gasteiger partial charge is 0.481 e. The van der Waals surface area contributed by atoms with Crippen LogP contribution in [0.4, 0.5) is 5.95 Å². The number of aryl methyl sites for hydroxylation is 1. The maximum absolute atomic E-state index is 11.8. The number of rotatable bonds is 3. The summed E-state index contributed by atoms with van der Waals surface area (Å²) in [5.41, 5.74) is -0.530. The molecule has 8 nitrogen and oxygen atoms in total. The van der Waals surface area contributed by atoms with Crippen LogP contribution in [0.2, 0.25) is 0 Å². The van der Waals surface area contributed by atoms with E-state index in [1.807, 2.05) is 0 Å². The first-order valence-corrected chi connectivity index (χ1v) is 5.11. The van der Waals surface area contributed by atoms with E-state index in [0.29, 0.717) is 0 Å². The van der Waals surface area contributed by atoms with Crippen molar-refractivity contribution in [2.75, 3.05) is 5.32 Å². The van der Waals surface area contributed by atoms with E-state index in [2.05, 4.69) is 20.7 Å². The molecule has 1 fully saturated rings. The van der Waals surface area contributed by atoms with E-state index in [-0.39, 0.29) is 11.9 Å². The Bertz CT molecular complexity index is 481. The lowest BCUT2D eigenvalue weighted by Crippen LogP contribution is -2.18. The Balaban J connectivity index is 2.05. The molecular formula is C9H13N5O3. The number of anilines is 1. The maximum Gasteiger partial charge on any atom is 0.307 e. The number of carboxylic acid groups (broad SMARTS) is 1. The van der Waals surface area contributed by atoms with Crippen LogP contribution in [0.5, 0.6) is 0 Å². The van der Waals surface area contributed by atoms with E-state index in [9.17, 15) is 9.59 Å². The van der Waals surface area contributed by atoms with E-state index in [4.69, 9.17) is 5.11 Å². The van der Waals surface area contributed by atoms with Gasteiger partial charge in [0.15, 0.2) is 0 Å². The molecule has 0 saturated heterocycles. The molecule has 0 aromatic carbocycles. The summed E-state index contributed by atoms with van der Waals surface area (Å²) in [6, 6.07) is 0. The molecule has 1 aliphatic carbocycles. The molecule has 8 heteroatoms. The summed E-state index contributed by atoms with van der Waals surface area (Å²) in [6.07, 6.45) is 0. The first kappa shape index (κ1) is 11.5. The molecule has 0 radical (unpaired) electrons. The summed E-state index contributed by atoms with van der Waals surface area (Å²) in [6.45, 7) is 3.50. The maximum atomic E-state index is 11.8. The van der Waals surface area contributed by atoms with Gasteiger partial charge in [0.1, 0.15) is 0 Å². The monoisotopic (exact) mass is 239 g/mol. The normalized spacial score (nSPS) is 25.4. The zero-order chi connectivity index (χ0) is 12.8. The number of tetrazole rings is 1. The van der Waals surface area contributed by atoms with Crippen molar-refractivity contribution in [1.82, 2.24) is 20.2 Å². The number of amides is 1. The first-order valence-electron chi connectivity index (χ1n) is 5.11. The second kappa shape index (κ2) is 3.51. The number of carbonyl (C=O) groups is 2. The molecular weight excluding hydrogens is 226 g/mol. The zero-order valence-corrected chi connectivity index (χ0v) is 9.71. The highest BCUT2D eigenvalue weighted by molar-refractivity contribution is 5.98. The number of carbonyl (C=O) groups excluding carboxylic acids is 1. The molecule has 0 unspecified atom stereocenters. The molecule has 2 N–H and O–H groups in total. The van der Waals surface area contributed by atoms with Gasteiger partial charge in [-0.3, -0.25) is 14.9 Å². The van der Waals surface area contributed by atoms with Gasteiger partial charge in [-0.2, -0.15) is 4.80 Å². The van der Waals surface area contributed by atoms with Crippen LogP contribution >= 0.6 is 0 Å². The molecule has 1 heterocycles. The SMILES string of the molecule is Cn1nnc(NC(=O)[C@H]2[C@@H](C(=O)O)C2(C)C)n1. The summed E-state index contributed by atoms with van der Waals surface area (Å²) in [4.78, 5) is 24.0. The van der Waals surface area contributed by atoms with Crippen molar-refractivity contribution >= 4 is 17.8 Å². The fourth-order valence-corrected chi connectivity index (χ4v) is 2.11. The molecule has 2 atom stereocenters. The molecule has 1 aromatic heterocycles. The number of hydrogen-bond acceptors (Lipinski definition) is 5. The predicted octanol–water partition coefficient (Wildman–Crippen LogP) is -0.495. The average Bonchev–Trinajstić information content (AvgIpc) is 2.54. The number of nitrogens with zero attached hydrogens (tertiary/aromatic N) is 4. The van der Waals surface area contributed by atoms with Gasteiger partial charge in [-0.05, 0) is 10.6 Å². The van der Waals surface area contributed by atoms with Crippen LogP contribution in [-0.2, 0) is 16.6 Å². The third-order valence-electron chi connectivity index (χ3n) is 3.12. The Morgan fingerprint density at radius 3 is 2.47 bits per heavy atom. The average molecular weight is 239 g/mol. The fourth-order valence-electron chi connectivity index (χ4n) is 2.11. The van der Waals surface area contributed by atoms with Gasteiger partial charge in [0.05, 0.1) is 18.9 Å². The van der Waals surface area contributed by atoms with Gasteiger partial charge in [0.25, 0.3) is 5.95 Å². The van der Waals surface area contributed by atoms with Crippen molar-refractivity contribution in [2.45, 2.75) is 13.8 Å². The third kappa shape index (κ3) is 1.85. The number of nitrogens with one attached hydrogen (secondary N) is 1. The van der Waals surface area contributed by atoms with Crippen molar-refractivity contribution in [2.24, 2.45) is 24.3 Å². The smallest absolute Gasteiger partial charge is 0.307 e. The molecule has 0 bridgehead atoms. The van der Waals surface area contributed by atoms with Crippen molar-refractivity contribution < 1.29 is 14.7 Å². The van der Waals surface area contributed by atoms with Crippen LogP contribution in [-0.4, -0.2) is 37.2 Å². The summed E-state index contributed by atoms with van der Waals surface area (Å²) >= 11 is 0. The summed E-state index contributed by atoms with van der Waals surface area (Å²) in [5, 5.41) is 22.4. The molecule has 1 saturated carbocycles. The second-order valence-corrected chi connectivity index (χ2v) is 4.71. The van der Waals surface area contributed by atoms with E-state index >= 15 is 0 Å². The summed E-state index contributed by atoms with van der Waals surface area (Å²) in [7, 11) is 1.57. The first-order chi connectivity index (χ1) is 7.84. The Morgan fingerprint density at radius 2 is 2.06 bits per heavy atom. The zero-order valence-electron chi connectivity index (χ0n) is 9.71. The molecule has 1 aromatic rings. The Labute approximate surface area is 97.0 Å². The molecule has 2 rings (SSSR count). The van der Waals surface area contributed by atoms with Gasteiger partial charge in [0, 0.05) is 0 Å². The molecule has 0 aliphatic heterocycles.